The van der Waals surface area contributed by atoms with E-state index >= 15 is 0 Å². The van der Waals surface area contributed by atoms with Gasteiger partial charge in [-0.1, -0.05) is 78.4 Å². The molecule has 0 saturated heterocycles. The van der Waals surface area contributed by atoms with Crippen LogP contribution in [0.15, 0.2) is 119 Å². The number of carbonyl (C=O) groups excluding carboxylic acids is 2. The average Bonchev–Trinajstić information content (AvgIpc) is 3.59. The van der Waals surface area contributed by atoms with Crippen LogP contribution in [0.1, 0.15) is 43.9 Å². The fraction of sp³-hybridized carbons (Fsp3) is 0.211. The number of hydrogen-bond donors (Lipinski definition) is 0. The van der Waals surface area contributed by atoms with E-state index in [4.69, 9.17) is 13.9 Å². The van der Waals surface area contributed by atoms with Crippen molar-refractivity contribution in [3.05, 3.63) is 149 Å². The van der Waals surface area contributed by atoms with Gasteiger partial charge in [0.1, 0.15) is 30.3 Å². The van der Waals surface area contributed by atoms with Crippen molar-refractivity contribution in [1.29, 1.82) is 0 Å². The highest BCUT2D eigenvalue weighted by Gasteiger charge is 2.30. The molecule has 0 unspecified atom stereocenters. The van der Waals surface area contributed by atoms with Crippen LogP contribution in [0.5, 0.6) is 5.75 Å². The zero-order chi connectivity index (χ0) is 34.3. The Morgan fingerprint density at radius 1 is 0.771 bits per heavy atom. The third-order valence-electron chi connectivity index (χ3n) is 7.77. The molecule has 4 aromatic carbocycles. The van der Waals surface area contributed by atoms with E-state index in [9.17, 15) is 18.0 Å². The Labute approximate surface area is 281 Å². The van der Waals surface area contributed by atoms with Crippen molar-refractivity contribution in [2.24, 2.45) is 0 Å². The monoisotopic (exact) mass is 666 g/mol. The largest absolute Gasteiger partial charge is 0.488 e. The number of anilines is 1. The highest BCUT2D eigenvalue weighted by atomic mass is 32.2. The summed E-state index contributed by atoms with van der Waals surface area (Å²) in [4.78, 5) is 28.9. The molecule has 1 heterocycles. The minimum Gasteiger partial charge on any atom is -0.488 e. The lowest BCUT2D eigenvalue weighted by Gasteiger charge is -2.26. The van der Waals surface area contributed by atoms with E-state index in [1.165, 1.54) is 18.2 Å². The van der Waals surface area contributed by atoms with Crippen molar-refractivity contribution in [3.8, 4) is 5.75 Å². The summed E-state index contributed by atoms with van der Waals surface area (Å²) in [6.07, 6.45) is 1.50. The Hall–Kier alpha value is -5.19. The number of rotatable bonds is 13. The first-order valence-electron chi connectivity index (χ1n) is 15.4. The van der Waals surface area contributed by atoms with E-state index in [0.29, 0.717) is 22.6 Å². The minimum atomic E-state index is -4.01. The highest BCUT2D eigenvalue weighted by molar-refractivity contribution is 7.89. The van der Waals surface area contributed by atoms with Gasteiger partial charge >= 0.3 is 5.97 Å². The Kier molecular flexibility index (Phi) is 10.8. The lowest BCUT2D eigenvalue weighted by atomic mass is 10.1. The number of furan rings is 1. The second-order valence-electron chi connectivity index (χ2n) is 11.6. The predicted octanol–water partition coefficient (Wildman–Crippen LogP) is 6.99. The molecule has 48 heavy (non-hydrogen) atoms. The summed E-state index contributed by atoms with van der Waals surface area (Å²) in [7, 11) is -2.62. The van der Waals surface area contributed by atoms with Crippen LogP contribution in [0, 0.1) is 20.8 Å². The van der Waals surface area contributed by atoms with Gasteiger partial charge in [-0.2, -0.15) is 4.31 Å². The van der Waals surface area contributed by atoms with Gasteiger partial charge in [-0.25, -0.2) is 13.2 Å². The number of benzene rings is 4. The van der Waals surface area contributed by atoms with Crippen LogP contribution in [0.4, 0.5) is 5.69 Å². The normalized spacial score (nSPS) is 11.4. The first-order chi connectivity index (χ1) is 23.0. The van der Waals surface area contributed by atoms with E-state index in [1.54, 1.807) is 44.2 Å². The Morgan fingerprint density at radius 3 is 2.00 bits per heavy atom. The number of esters is 1. The maximum absolute atomic E-state index is 14.0. The molecule has 0 spiro atoms. The summed E-state index contributed by atoms with van der Waals surface area (Å²) in [6, 6.07) is 30.6. The molecule has 1 amide bonds. The van der Waals surface area contributed by atoms with Crippen molar-refractivity contribution in [3.63, 3.8) is 0 Å². The van der Waals surface area contributed by atoms with Crippen LogP contribution < -0.4 is 9.64 Å². The highest BCUT2D eigenvalue weighted by Crippen LogP contribution is 2.30. The third kappa shape index (κ3) is 8.20. The van der Waals surface area contributed by atoms with Gasteiger partial charge in [-0.3, -0.25) is 4.79 Å². The van der Waals surface area contributed by atoms with Gasteiger partial charge in [0.15, 0.2) is 0 Å². The quantitative estimate of drug-likeness (QED) is 0.125. The van der Waals surface area contributed by atoms with E-state index in [2.05, 4.69) is 0 Å². The van der Waals surface area contributed by atoms with Gasteiger partial charge in [0.2, 0.25) is 15.9 Å². The molecule has 0 atom stereocenters. The summed E-state index contributed by atoms with van der Waals surface area (Å²) >= 11 is 0. The first-order valence-corrected chi connectivity index (χ1v) is 16.9. The summed E-state index contributed by atoms with van der Waals surface area (Å²) in [5.41, 5.74) is 4.44. The van der Waals surface area contributed by atoms with Crippen LogP contribution in [0.3, 0.4) is 0 Å². The average molecular weight is 667 g/mol. The van der Waals surface area contributed by atoms with Crippen molar-refractivity contribution < 1.29 is 31.9 Å². The number of ether oxygens (including phenoxy) is 2. The van der Waals surface area contributed by atoms with Crippen LogP contribution >= 0.6 is 0 Å². The number of aryl methyl sites for hydroxylation is 3. The molecule has 0 bridgehead atoms. The maximum Gasteiger partial charge on any atom is 0.342 e. The SMILES string of the molecule is Cc1cc(C)c(S(=O)(=O)N(C)CC(=O)N(Cc2ccco2)c2ccc(C(=O)OCc3ccccc3)c(OCc3ccccc3)c2)c(C)c1. The lowest BCUT2D eigenvalue weighted by Crippen LogP contribution is -2.41. The first kappa shape index (κ1) is 34.2. The predicted molar refractivity (Wildman–Crippen MR) is 183 cm³/mol. The topological polar surface area (TPSA) is 106 Å². The van der Waals surface area contributed by atoms with Gasteiger partial charge in [0.05, 0.1) is 24.2 Å². The molecule has 0 aliphatic rings. The number of carbonyl (C=O) groups is 2. The van der Waals surface area contributed by atoms with Crippen LogP contribution in [0.25, 0.3) is 0 Å². The number of likely N-dealkylation sites (N-methyl/N-ethyl adjacent to an activating group) is 1. The fourth-order valence-corrected chi connectivity index (χ4v) is 7.00. The number of nitrogens with zero attached hydrogens (tertiary/aromatic N) is 2. The van der Waals surface area contributed by atoms with Crippen molar-refractivity contribution in [2.75, 3.05) is 18.5 Å². The van der Waals surface area contributed by atoms with Crippen molar-refractivity contribution in [2.45, 2.75) is 45.4 Å². The lowest BCUT2D eigenvalue weighted by molar-refractivity contribution is -0.118. The number of sulfonamides is 1. The summed E-state index contributed by atoms with van der Waals surface area (Å²) in [6.45, 7) is 5.19. The molecule has 248 valence electrons. The van der Waals surface area contributed by atoms with E-state index in [1.807, 2.05) is 79.7 Å². The van der Waals surface area contributed by atoms with Crippen LogP contribution in [0.2, 0.25) is 0 Å². The Morgan fingerprint density at radius 2 is 1.40 bits per heavy atom. The molecule has 0 aliphatic heterocycles. The summed E-state index contributed by atoms with van der Waals surface area (Å²) < 4.78 is 45.8. The smallest absolute Gasteiger partial charge is 0.342 e. The molecule has 9 nitrogen and oxygen atoms in total. The van der Waals surface area contributed by atoms with Gasteiger partial charge in [0.25, 0.3) is 0 Å². The fourth-order valence-electron chi connectivity index (χ4n) is 5.48. The molecule has 5 aromatic rings. The molecular formula is C38H38N2O7S. The van der Waals surface area contributed by atoms with Gasteiger partial charge in [-0.15, -0.1) is 0 Å². The summed E-state index contributed by atoms with van der Waals surface area (Å²) in [5, 5.41) is 0. The molecule has 0 saturated carbocycles. The summed E-state index contributed by atoms with van der Waals surface area (Å²) in [5.74, 6) is -0.406. The second-order valence-corrected chi connectivity index (χ2v) is 13.5. The van der Waals surface area contributed by atoms with Crippen molar-refractivity contribution >= 4 is 27.6 Å². The maximum atomic E-state index is 14.0. The second kappa shape index (κ2) is 15.1. The number of hydrogen-bond acceptors (Lipinski definition) is 7. The van der Waals surface area contributed by atoms with E-state index < -0.39 is 28.4 Å². The molecule has 1 aromatic heterocycles. The van der Waals surface area contributed by atoms with Crippen LogP contribution in [-0.4, -0.2) is 38.2 Å². The molecule has 5 rings (SSSR count). The van der Waals surface area contributed by atoms with Crippen molar-refractivity contribution in [1.82, 2.24) is 4.31 Å². The third-order valence-corrected chi connectivity index (χ3v) is 9.88. The molecule has 0 N–H and O–H groups in total. The van der Waals surface area contributed by atoms with Gasteiger partial charge in [0, 0.05) is 18.8 Å². The molecule has 0 fully saturated rings. The standard InChI is InChI=1S/C38H38N2O7S/c1-27-20-28(2)37(29(3)21-27)48(43,44)39(4)24-36(41)40(23-33-16-11-19-45-33)32-17-18-34(38(42)47-26-31-14-9-6-10-15-31)35(22-32)46-25-30-12-7-5-8-13-30/h5-22H,23-26H2,1-4H3. The molecule has 0 aliphatic carbocycles. The minimum absolute atomic E-state index is 0.0121. The Balaban J connectivity index is 1.46. The zero-order valence-electron chi connectivity index (χ0n) is 27.4. The number of amides is 1. The zero-order valence-corrected chi connectivity index (χ0v) is 28.2. The molecule has 0 radical (unpaired) electrons. The van der Waals surface area contributed by atoms with Gasteiger partial charge < -0.3 is 18.8 Å². The van der Waals surface area contributed by atoms with Crippen LogP contribution in [-0.2, 0) is 39.3 Å². The Bertz CT molecular complexity index is 1950. The van der Waals surface area contributed by atoms with Gasteiger partial charge in [-0.05, 0) is 67.3 Å². The van der Waals surface area contributed by atoms with E-state index in [0.717, 1.165) is 21.0 Å². The molecule has 10 heteroatoms. The van der Waals surface area contributed by atoms with E-state index in [-0.39, 0.29) is 36.0 Å². The molecular weight excluding hydrogens is 628 g/mol.